The minimum Gasteiger partial charge on any atom is -0.247 e. The van der Waals surface area contributed by atoms with Gasteiger partial charge in [0.25, 0.3) is 0 Å². The van der Waals surface area contributed by atoms with E-state index in [2.05, 4.69) is 213 Å². The third kappa shape index (κ3) is 5.33. The summed E-state index contributed by atoms with van der Waals surface area (Å²) >= 11 is 0. The quantitative estimate of drug-likeness (QED) is 0.126. The molecule has 11 rings (SSSR count). The Labute approximate surface area is 334 Å². The topological polar surface area (TPSA) is 12.9 Å². The van der Waals surface area contributed by atoms with Crippen molar-refractivity contribution in [1.82, 2.24) is 4.98 Å². The highest BCUT2D eigenvalue weighted by molar-refractivity contribution is 7.03. The van der Waals surface area contributed by atoms with Crippen LogP contribution in [0.1, 0.15) is 0 Å². The molecule has 0 saturated heterocycles. The minimum atomic E-state index is -1.86. The van der Waals surface area contributed by atoms with Crippen LogP contribution in [0.4, 0.5) is 0 Å². The lowest BCUT2D eigenvalue weighted by Gasteiger charge is -2.20. The van der Waals surface area contributed by atoms with E-state index in [0.29, 0.717) is 0 Å². The molecule has 9 aromatic carbocycles. The zero-order valence-corrected chi connectivity index (χ0v) is 33.0. The molecule has 2 heteroatoms. The Morgan fingerprint density at radius 3 is 1.42 bits per heavy atom. The predicted molar refractivity (Wildman–Crippen MR) is 246 cm³/mol. The van der Waals surface area contributed by atoms with Crippen LogP contribution in [0.2, 0.25) is 13.1 Å². The largest absolute Gasteiger partial charge is 0.247 e. The number of rotatable bonds is 5. The van der Waals surface area contributed by atoms with E-state index >= 15 is 0 Å². The fourth-order valence-corrected chi connectivity index (χ4v) is 12.6. The average molecular weight is 742 g/mol. The van der Waals surface area contributed by atoms with Crippen LogP contribution < -0.4 is 10.4 Å². The van der Waals surface area contributed by atoms with Crippen LogP contribution in [0.3, 0.4) is 0 Å². The average Bonchev–Trinajstić information content (AvgIpc) is 3.50. The van der Waals surface area contributed by atoms with Crippen molar-refractivity contribution in [2.75, 3.05) is 0 Å². The van der Waals surface area contributed by atoms with Crippen molar-refractivity contribution in [3.8, 4) is 66.9 Å². The SMILES string of the molecule is C[Si]1(C)c2ccccc2-c2ccc(-c3cc(-c4ccccc4)c4cccc(-c5ccc(-c6c7ccccc7c(-c7ccccc7)c7ccccc67)cc5)c4n3)cc21. The summed E-state index contributed by atoms with van der Waals surface area (Å²) in [4.78, 5) is 5.55. The molecule has 1 aromatic heterocycles. The van der Waals surface area contributed by atoms with E-state index in [0.717, 1.165) is 27.7 Å². The van der Waals surface area contributed by atoms with Gasteiger partial charge in [-0.1, -0.05) is 207 Å². The van der Waals surface area contributed by atoms with Crippen LogP contribution in [-0.4, -0.2) is 13.1 Å². The molecule has 1 aliphatic heterocycles. The van der Waals surface area contributed by atoms with Gasteiger partial charge in [-0.05, 0) is 88.1 Å². The molecule has 0 N–H and O–H groups in total. The van der Waals surface area contributed by atoms with Gasteiger partial charge in [0.05, 0.1) is 11.2 Å². The number of fused-ring (bicyclic) bond motifs is 6. The zero-order chi connectivity index (χ0) is 38.1. The van der Waals surface area contributed by atoms with Gasteiger partial charge in [0.1, 0.15) is 8.07 Å². The molecule has 0 atom stereocenters. The molecular weight excluding hydrogens is 703 g/mol. The van der Waals surface area contributed by atoms with Crippen molar-refractivity contribution in [1.29, 1.82) is 0 Å². The van der Waals surface area contributed by atoms with E-state index in [9.17, 15) is 0 Å². The first-order chi connectivity index (χ1) is 28.0. The molecule has 0 amide bonds. The van der Waals surface area contributed by atoms with Crippen LogP contribution in [0.25, 0.3) is 99.3 Å². The summed E-state index contributed by atoms with van der Waals surface area (Å²) in [6.07, 6.45) is 0. The van der Waals surface area contributed by atoms with E-state index in [1.807, 2.05) is 0 Å². The standard InChI is InChI=1S/C55H39NSi/c1-57(2)51-27-14-13-20-42(51)43-33-32-40(34-52(43)57)50-35-49(36-16-5-3-6-17-36)48-26-15-25-41(55(48)56-50)37-28-30-39(31-29-37)54-46-23-11-9-21-44(46)53(38-18-7-4-8-19-38)45-22-10-12-24-47(45)54/h3-35H,1-2H3. The van der Waals surface area contributed by atoms with Gasteiger partial charge >= 0.3 is 0 Å². The summed E-state index contributed by atoms with van der Waals surface area (Å²) in [5.41, 5.74) is 15.6. The summed E-state index contributed by atoms with van der Waals surface area (Å²) in [7, 11) is -1.86. The second-order valence-corrected chi connectivity index (χ2v) is 20.2. The Bertz CT molecular complexity index is 3120. The Kier molecular flexibility index (Phi) is 7.70. The van der Waals surface area contributed by atoms with E-state index < -0.39 is 8.07 Å². The molecule has 1 nitrogen and oxygen atoms in total. The highest BCUT2D eigenvalue weighted by Gasteiger charge is 2.37. The van der Waals surface area contributed by atoms with Crippen molar-refractivity contribution >= 4 is 50.9 Å². The molecule has 268 valence electrons. The molecular formula is C55H39NSi. The highest BCUT2D eigenvalue weighted by atomic mass is 28.3. The lowest BCUT2D eigenvalue weighted by molar-refractivity contribution is 1.40. The van der Waals surface area contributed by atoms with Crippen molar-refractivity contribution in [2.45, 2.75) is 13.1 Å². The van der Waals surface area contributed by atoms with E-state index in [4.69, 9.17) is 4.98 Å². The summed E-state index contributed by atoms with van der Waals surface area (Å²) in [5.74, 6) is 0. The second-order valence-electron chi connectivity index (χ2n) is 15.8. The first-order valence-electron chi connectivity index (χ1n) is 19.9. The first kappa shape index (κ1) is 33.5. The molecule has 0 unspecified atom stereocenters. The second kappa shape index (κ2) is 13.1. The lowest BCUT2D eigenvalue weighted by Crippen LogP contribution is -2.49. The molecule has 0 saturated carbocycles. The van der Waals surface area contributed by atoms with Gasteiger partial charge in [-0.25, -0.2) is 4.98 Å². The Morgan fingerprint density at radius 2 is 0.772 bits per heavy atom. The maximum absolute atomic E-state index is 5.55. The maximum Gasteiger partial charge on any atom is 0.113 e. The minimum absolute atomic E-state index is 1.01. The number of hydrogen-bond acceptors (Lipinski definition) is 1. The summed E-state index contributed by atoms with van der Waals surface area (Å²) in [6, 6.07) is 73.5. The molecule has 10 aromatic rings. The lowest BCUT2D eigenvalue weighted by atomic mass is 9.85. The molecule has 0 aliphatic carbocycles. The van der Waals surface area contributed by atoms with Crippen LogP contribution in [0, 0.1) is 0 Å². The fourth-order valence-electron chi connectivity index (χ4n) is 9.52. The third-order valence-corrected chi connectivity index (χ3v) is 15.8. The molecule has 0 radical (unpaired) electrons. The van der Waals surface area contributed by atoms with Gasteiger partial charge < -0.3 is 0 Å². The van der Waals surface area contributed by atoms with Crippen LogP contribution in [-0.2, 0) is 0 Å². The molecule has 0 bridgehead atoms. The Balaban J connectivity index is 1.08. The number of aromatic nitrogens is 1. The van der Waals surface area contributed by atoms with Gasteiger partial charge in [-0.15, -0.1) is 0 Å². The van der Waals surface area contributed by atoms with Crippen LogP contribution in [0.15, 0.2) is 200 Å². The van der Waals surface area contributed by atoms with Gasteiger partial charge in [-0.2, -0.15) is 0 Å². The predicted octanol–water partition coefficient (Wildman–Crippen LogP) is 13.7. The molecule has 57 heavy (non-hydrogen) atoms. The summed E-state index contributed by atoms with van der Waals surface area (Å²) in [6.45, 7) is 4.96. The molecule has 0 fully saturated rings. The highest BCUT2D eigenvalue weighted by Crippen LogP contribution is 2.44. The zero-order valence-electron chi connectivity index (χ0n) is 32.0. The van der Waals surface area contributed by atoms with Gasteiger partial charge in [0.2, 0.25) is 0 Å². The number of benzene rings is 9. The van der Waals surface area contributed by atoms with E-state index in [1.165, 1.54) is 82.0 Å². The van der Waals surface area contributed by atoms with Gasteiger partial charge in [-0.3, -0.25) is 0 Å². The van der Waals surface area contributed by atoms with Crippen molar-refractivity contribution in [3.05, 3.63) is 200 Å². The van der Waals surface area contributed by atoms with Crippen molar-refractivity contribution < 1.29 is 0 Å². The van der Waals surface area contributed by atoms with E-state index in [1.54, 1.807) is 0 Å². The van der Waals surface area contributed by atoms with E-state index in [-0.39, 0.29) is 0 Å². The summed E-state index contributed by atoms with van der Waals surface area (Å²) < 4.78 is 0. The van der Waals surface area contributed by atoms with Crippen LogP contribution in [0.5, 0.6) is 0 Å². The van der Waals surface area contributed by atoms with Gasteiger partial charge in [0.15, 0.2) is 0 Å². The molecule has 1 aliphatic rings. The number of pyridine rings is 1. The Morgan fingerprint density at radius 1 is 0.316 bits per heavy atom. The van der Waals surface area contributed by atoms with Crippen molar-refractivity contribution in [3.63, 3.8) is 0 Å². The normalized spacial score (nSPS) is 12.9. The van der Waals surface area contributed by atoms with Crippen molar-refractivity contribution in [2.24, 2.45) is 0 Å². The Hall–Kier alpha value is -6.87. The fraction of sp³-hybridized carbons (Fsp3) is 0.0364. The monoisotopic (exact) mass is 741 g/mol. The summed E-state index contributed by atoms with van der Waals surface area (Å²) in [5, 5.41) is 9.22. The molecule has 0 spiro atoms. The number of hydrogen-bond donors (Lipinski definition) is 0. The maximum atomic E-state index is 5.55. The van der Waals surface area contributed by atoms with Crippen LogP contribution >= 0.6 is 0 Å². The number of nitrogens with zero attached hydrogens (tertiary/aromatic N) is 1. The third-order valence-electron chi connectivity index (χ3n) is 12.3. The smallest absolute Gasteiger partial charge is 0.113 e. The first-order valence-corrected chi connectivity index (χ1v) is 22.9. The number of para-hydroxylation sites is 1. The molecule has 2 heterocycles. The van der Waals surface area contributed by atoms with Gasteiger partial charge in [0, 0.05) is 16.5 Å².